The van der Waals surface area contributed by atoms with Gasteiger partial charge in [0.25, 0.3) is 5.91 Å². The number of ether oxygens (including phenoxy) is 2. The maximum Gasteiger partial charge on any atom is 0.416 e. The van der Waals surface area contributed by atoms with Crippen LogP contribution in [-0.4, -0.2) is 24.0 Å². The van der Waals surface area contributed by atoms with Crippen LogP contribution in [0.5, 0.6) is 17.2 Å². The number of hydrogen-bond acceptors (Lipinski definition) is 5. The fraction of sp³-hybridized carbons (Fsp3) is 0.0952. The van der Waals surface area contributed by atoms with E-state index in [-0.39, 0.29) is 34.3 Å². The smallest absolute Gasteiger partial charge is 0.416 e. The highest BCUT2D eigenvalue weighted by Gasteiger charge is 2.32. The molecule has 0 radical (unpaired) electrons. The molecule has 0 aliphatic heterocycles. The van der Waals surface area contributed by atoms with Crippen molar-refractivity contribution < 1.29 is 32.2 Å². The summed E-state index contributed by atoms with van der Waals surface area (Å²) in [5.41, 5.74) is 9.60. The first-order chi connectivity index (χ1) is 15.1. The number of primary amides is 2. The summed E-state index contributed by atoms with van der Waals surface area (Å²) in [4.78, 5) is 28.2. The van der Waals surface area contributed by atoms with E-state index in [1.807, 2.05) is 0 Å². The van der Waals surface area contributed by atoms with E-state index in [0.29, 0.717) is 0 Å². The molecule has 11 heteroatoms. The zero-order chi connectivity index (χ0) is 23.5. The van der Waals surface area contributed by atoms with Gasteiger partial charge < -0.3 is 20.9 Å². The number of pyridine rings is 1. The maximum atomic E-state index is 13.2. The average molecular weight is 446 g/mol. The Kier molecular flexibility index (Phi) is 6.19. The van der Waals surface area contributed by atoms with E-state index in [1.165, 1.54) is 49.7 Å². The fourth-order valence-corrected chi connectivity index (χ4v) is 2.86. The van der Waals surface area contributed by atoms with Gasteiger partial charge in [0.15, 0.2) is 0 Å². The number of carbonyl (C=O) groups is 2. The van der Waals surface area contributed by atoms with Gasteiger partial charge in [-0.2, -0.15) is 13.2 Å². The number of rotatable bonds is 6. The van der Waals surface area contributed by atoms with Gasteiger partial charge in [0.1, 0.15) is 22.9 Å². The minimum Gasteiger partial charge on any atom is -0.495 e. The molecule has 1 aromatic heterocycles. The Balaban J connectivity index is 2.03. The highest BCUT2D eigenvalue weighted by Crippen LogP contribution is 2.40. The van der Waals surface area contributed by atoms with Crippen LogP contribution in [-0.2, 0) is 6.18 Å². The quantitative estimate of drug-likeness (QED) is 0.587. The molecule has 3 aromatic rings. The number of anilines is 2. The summed E-state index contributed by atoms with van der Waals surface area (Å²) in [6, 6.07) is 10.3. The van der Waals surface area contributed by atoms with E-state index < -0.39 is 23.7 Å². The van der Waals surface area contributed by atoms with Gasteiger partial charge in [-0.25, -0.2) is 4.79 Å². The third-order valence-corrected chi connectivity index (χ3v) is 4.26. The van der Waals surface area contributed by atoms with E-state index in [4.69, 9.17) is 20.9 Å². The van der Waals surface area contributed by atoms with E-state index in [2.05, 4.69) is 4.98 Å². The summed E-state index contributed by atoms with van der Waals surface area (Å²) >= 11 is 0. The second-order valence-electron chi connectivity index (χ2n) is 6.40. The molecule has 3 rings (SSSR count). The molecule has 8 nitrogen and oxygen atoms in total. The minimum atomic E-state index is -4.64. The van der Waals surface area contributed by atoms with Crippen molar-refractivity contribution in [2.45, 2.75) is 6.18 Å². The molecule has 3 amide bonds. The molecule has 0 aliphatic rings. The zero-order valence-electron chi connectivity index (χ0n) is 16.6. The lowest BCUT2D eigenvalue weighted by Crippen LogP contribution is -2.32. The Morgan fingerprint density at radius 2 is 1.72 bits per heavy atom. The Bertz CT molecular complexity index is 1170. The monoisotopic (exact) mass is 446 g/mol. The van der Waals surface area contributed by atoms with Crippen LogP contribution in [0.1, 0.15) is 16.1 Å². The second-order valence-corrected chi connectivity index (χ2v) is 6.40. The van der Waals surface area contributed by atoms with Gasteiger partial charge in [-0.3, -0.25) is 14.7 Å². The molecule has 0 saturated heterocycles. The Hall–Kier alpha value is -4.28. The summed E-state index contributed by atoms with van der Waals surface area (Å²) in [7, 11) is 1.25. The molecule has 0 bridgehead atoms. The van der Waals surface area contributed by atoms with Gasteiger partial charge in [0.2, 0.25) is 0 Å². The van der Waals surface area contributed by atoms with Gasteiger partial charge in [-0.15, -0.1) is 0 Å². The van der Waals surface area contributed by atoms with Crippen LogP contribution in [0, 0.1) is 0 Å². The molecule has 0 saturated carbocycles. The van der Waals surface area contributed by atoms with Crippen molar-refractivity contribution in [1.82, 2.24) is 4.98 Å². The zero-order valence-corrected chi connectivity index (χ0v) is 16.6. The number of hydrogen-bond donors (Lipinski definition) is 2. The topological polar surface area (TPSA) is 121 Å². The minimum absolute atomic E-state index is 0.00311. The number of carbonyl (C=O) groups excluding carboxylic acids is 2. The molecule has 32 heavy (non-hydrogen) atoms. The molecule has 4 N–H and O–H groups in total. The van der Waals surface area contributed by atoms with E-state index in [9.17, 15) is 22.8 Å². The van der Waals surface area contributed by atoms with Crippen LogP contribution < -0.4 is 25.8 Å². The maximum absolute atomic E-state index is 13.2. The highest BCUT2D eigenvalue weighted by molar-refractivity contribution is 6.00. The van der Waals surface area contributed by atoms with E-state index in [0.717, 1.165) is 23.1 Å². The molecule has 0 fully saturated rings. The number of amides is 3. The average Bonchev–Trinajstić information content (AvgIpc) is 2.73. The van der Waals surface area contributed by atoms with Crippen molar-refractivity contribution in [1.29, 1.82) is 0 Å². The van der Waals surface area contributed by atoms with Crippen molar-refractivity contribution in [2.24, 2.45) is 11.5 Å². The molecular formula is C21H17F3N4O4. The van der Waals surface area contributed by atoms with Gasteiger partial charge in [-0.1, -0.05) is 6.07 Å². The lowest BCUT2D eigenvalue weighted by molar-refractivity contribution is -0.137. The number of aromatic nitrogens is 1. The number of halogens is 3. The molecule has 166 valence electrons. The molecule has 0 spiro atoms. The van der Waals surface area contributed by atoms with Gasteiger partial charge >= 0.3 is 12.2 Å². The second kappa shape index (κ2) is 8.84. The standard InChI is InChI=1S/C21H17F3N4O4/c1-31-18-6-5-12(21(22,23)24)9-17(18)28(20(26)30)13-3-2-4-14(10-13)32-15-7-8-27-16(11-15)19(25)29/h2-11H,1H3,(H2,25,29)(H2,26,30). The Morgan fingerprint density at radius 1 is 1.00 bits per heavy atom. The molecule has 1 heterocycles. The van der Waals surface area contributed by atoms with Crippen molar-refractivity contribution in [3.05, 3.63) is 72.1 Å². The largest absolute Gasteiger partial charge is 0.495 e. The number of urea groups is 1. The number of nitrogens with two attached hydrogens (primary N) is 2. The lowest BCUT2D eigenvalue weighted by atomic mass is 10.1. The first-order valence-electron chi connectivity index (χ1n) is 8.98. The van der Waals surface area contributed by atoms with Crippen molar-refractivity contribution in [3.8, 4) is 17.2 Å². The van der Waals surface area contributed by atoms with Crippen LogP contribution in [0.4, 0.5) is 29.3 Å². The summed E-state index contributed by atoms with van der Waals surface area (Å²) in [5.74, 6) is -0.307. The summed E-state index contributed by atoms with van der Waals surface area (Å²) < 4.78 is 50.5. The number of nitrogens with zero attached hydrogens (tertiary/aromatic N) is 2. The highest BCUT2D eigenvalue weighted by atomic mass is 19.4. The van der Waals surface area contributed by atoms with Gasteiger partial charge in [0.05, 0.1) is 24.0 Å². The van der Waals surface area contributed by atoms with Crippen molar-refractivity contribution >= 4 is 23.3 Å². The fourth-order valence-electron chi connectivity index (χ4n) is 2.86. The SMILES string of the molecule is COc1ccc(C(F)(F)F)cc1N(C(N)=O)c1cccc(Oc2ccnc(C(N)=O)c2)c1. The predicted molar refractivity (Wildman–Crippen MR) is 109 cm³/mol. The van der Waals surface area contributed by atoms with Crippen LogP contribution in [0.25, 0.3) is 0 Å². The van der Waals surface area contributed by atoms with Crippen molar-refractivity contribution in [2.75, 3.05) is 12.0 Å². The first-order valence-corrected chi connectivity index (χ1v) is 8.98. The normalized spacial score (nSPS) is 11.0. The lowest BCUT2D eigenvalue weighted by Gasteiger charge is -2.24. The molecule has 0 aliphatic carbocycles. The van der Waals surface area contributed by atoms with Crippen LogP contribution in [0.15, 0.2) is 60.8 Å². The number of methoxy groups -OCH3 is 1. The van der Waals surface area contributed by atoms with Crippen LogP contribution >= 0.6 is 0 Å². The molecular weight excluding hydrogens is 429 g/mol. The van der Waals surface area contributed by atoms with E-state index in [1.54, 1.807) is 0 Å². The third kappa shape index (κ3) is 4.89. The van der Waals surface area contributed by atoms with Gasteiger partial charge in [0, 0.05) is 18.3 Å². The molecule has 0 atom stereocenters. The van der Waals surface area contributed by atoms with Crippen LogP contribution in [0.3, 0.4) is 0 Å². The van der Waals surface area contributed by atoms with Gasteiger partial charge in [-0.05, 0) is 36.4 Å². The van der Waals surface area contributed by atoms with Crippen molar-refractivity contribution in [3.63, 3.8) is 0 Å². The first kappa shape index (κ1) is 22.4. The predicted octanol–water partition coefficient (Wildman–Crippen LogP) is 4.22. The third-order valence-electron chi connectivity index (χ3n) is 4.26. The molecule has 2 aromatic carbocycles. The van der Waals surface area contributed by atoms with E-state index >= 15 is 0 Å². The van der Waals surface area contributed by atoms with Crippen LogP contribution in [0.2, 0.25) is 0 Å². The Morgan fingerprint density at radius 3 is 2.34 bits per heavy atom. The number of alkyl halides is 3. The molecule has 0 unspecified atom stereocenters. The number of benzene rings is 2. The summed E-state index contributed by atoms with van der Waals surface area (Å²) in [5, 5.41) is 0. The summed E-state index contributed by atoms with van der Waals surface area (Å²) in [6.07, 6.45) is -3.32. The summed E-state index contributed by atoms with van der Waals surface area (Å²) in [6.45, 7) is 0. The Labute approximate surface area is 180 Å².